The van der Waals surface area contributed by atoms with E-state index in [1.165, 1.54) is 12.1 Å². The number of nitrogens with two attached hydrogens (primary N) is 1. The van der Waals surface area contributed by atoms with Crippen LogP contribution in [0.5, 0.6) is 0 Å². The Balaban J connectivity index is 2.21. The summed E-state index contributed by atoms with van der Waals surface area (Å²) in [6.07, 6.45) is 0.720. The molecule has 1 atom stereocenters. The van der Waals surface area contributed by atoms with Crippen LogP contribution in [0.4, 0.5) is 8.78 Å². The zero-order valence-corrected chi connectivity index (χ0v) is 14.2. The van der Waals surface area contributed by atoms with Gasteiger partial charge in [0, 0.05) is 16.1 Å². The average molecular weight is 420 g/mol. The summed E-state index contributed by atoms with van der Waals surface area (Å²) >= 11 is 6.53. The van der Waals surface area contributed by atoms with Crippen molar-refractivity contribution in [3.8, 4) is 0 Å². The highest BCUT2D eigenvalue weighted by atomic mass is 79.9. The van der Waals surface area contributed by atoms with Gasteiger partial charge in [-0.25, -0.2) is 8.78 Å². The third-order valence-corrected chi connectivity index (χ3v) is 4.64. The smallest absolute Gasteiger partial charge is 0.143 e. The molecule has 21 heavy (non-hydrogen) atoms. The lowest BCUT2D eigenvalue weighted by molar-refractivity contribution is 0.482. The quantitative estimate of drug-likeness (QED) is 0.434. The SMILES string of the molecule is NNC(Cc1ccccc1Br)Cc1c(F)ccc(Br)c1F. The first-order valence-corrected chi connectivity index (χ1v) is 7.93. The summed E-state index contributed by atoms with van der Waals surface area (Å²) in [4.78, 5) is 0. The lowest BCUT2D eigenvalue weighted by Crippen LogP contribution is -2.39. The molecule has 0 aromatic heterocycles. The van der Waals surface area contributed by atoms with Gasteiger partial charge >= 0.3 is 0 Å². The van der Waals surface area contributed by atoms with Crippen LogP contribution in [0.3, 0.4) is 0 Å². The topological polar surface area (TPSA) is 38.0 Å². The van der Waals surface area contributed by atoms with Gasteiger partial charge in [0.25, 0.3) is 0 Å². The summed E-state index contributed by atoms with van der Waals surface area (Å²) in [6.45, 7) is 0. The molecule has 3 N–H and O–H groups in total. The predicted octanol–water partition coefficient (Wildman–Crippen LogP) is 4.11. The summed E-state index contributed by atoms with van der Waals surface area (Å²) in [5.41, 5.74) is 3.68. The van der Waals surface area contributed by atoms with E-state index in [0.29, 0.717) is 6.42 Å². The summed E-state index contributed by atoms with van der Waals surface area (Å²) in [5.74, 6) is 4.39. The number of rotatable bonds is 5. The Bertz CT molecular complexity index is 635. The van der Waals surface area contributed by atoms with E-state index >= 15 is 0 Å². The van der Waals surface area contributed by atoms with Crippen LogP contribution in [0.25, 0.3) is 0 Å². The molecule has 6 heteroatoms. The minimum atomic E-state index is -0.581. The molecule has 2 nitrogen and oxygen atoms in total. The lowest BCUT2D eigenvalue weighted by atomic mass is 9.99. The van der Waals surface area contributed by atoms with E-state index in [0.717, 1.165) is 10.0 Å². The predicted molar refractivity (Wildman–Crippen MR) is 86.7 cm³/mol. The van der Waals surface area contributed by atoms with Gasteiger partial charge in [-0.1, -0.05) is 34.1 Å². The van der Waals surface area contributed by atoms with Gasteiger partial charge in [0.2, 0.25) is 0 Å². The third-order valence-electron chi connectivity index (χ3n) is 3.25. The van der Waals surface area contributed by atoms with Crippen molar-refractivity contribution in [2.24, 2.45) is 5.84 Å². The molecule has 2 aromatic rings. The molecule has 112 valence electrons. The molecule has 0 heterocycles. The van der Waals surface area contributed by atoms with Crippen molar-refractivity contribution in [1.29, 1.82) is 0 Å². The lowest BCUT2D eigenvalue weighted by Gasteiger charge is -2.18. The Morgan fingerprint density at radius 2 is 1.71 bits per heavy atom. The van der Waals surface area contributed by atoms with Gasteiger partial charge in [0.05, 0.1) is 4.47 Å². The second kappa shape index (κ2) is 7.45. The van der Waals surface area contributed by atoms with Crippen molar-refractivity contribution >= 4 is 31.9 Å². The molecule has 0 fully saturated rings. The van der Waals surface area contributed by atoms with Gasteiger partial charge in [0.15, 0.2) is 0 Å². The Morgan fingerprint density at radius 3 is 2.38 bits per heavy atom. The number of benzene rings is 2. The zero-order chi connectivity index (χ0) is 15.4. The molecule has 1 unspecified atom stereocenters. The fourth-order valence-electron chi connectivity index (χ4n) is 2.12. The maximum absolute atomic E-state index is 14.0. The highest BCUT2D eigenvalue weighted by Crippen LogP contribution is 2.24. The molecule has 2 aromatic carbocycles. The molecule has 0 aliphatic rings. The third kappa shape index (κ3) is 4.10. The first-order chi connectivity index (χ1) is 10.0. The van der Waals surface area contributed by atoms with Crippen LogP contribution in [0.1, 0.15) is 11.1 Å². The Morgan fingerprint density at radius 1 is 1.00 bits per heavy atom. The second-order valence-electron chi connectivity index (χ2n) is 4.68. The van der Waals surface area contributed by atoms with Gasteiger partial charge < -0.3 is 0 Å². The van der Waals surface area contributed by atoms with E-state index in [2.05, 4.69) is 37.3 Å². The van der Waals surface area contributed by atoms with Crippen molar-refractivity contribution in [3.63, 3.8) is 0 Å². The summed E-state index contributed by atoms with van der Waals surface area (Å²) in [5, 5.41) is 0. The fourth-order valence-corrected chi connectivity index (χ4v) is 2.94. The van der Waals surface area contributed by atoms with Crippen LogP contribution in [-0.4, -0.2) is 6.04 Å². The summed E-state index contributed by atoms with van der Waals surface area (Å²) < 4.78 is 29.0. The summed E-state index contributed by atoms with van der Waals surface area (Å²) in [6, 6.07) is 10.0. The molecule has 0 radical (unpaired) electrons. The van der Waals surface area contributed by atoms with Gasteiger partial charge in [-0.05, 0) is 52.5 Å². The van der Waals surface area contributed by atoms with E-state index in [1.807, 2.05) is 24.3 Å². The van der Waals surface area contributed by atoms with E-state index in [1.54, 1.807) is 0 Å². The second-order valence-corrected chi connectivity index (χ2v) is 6.39. The van der Waals surface area contributed by atoms with Crippen LogP contribution in [0, 0.1) is 11.6 Å². The van der Waals surface area contributed by atoms with Crippen molar-refractivity contribution in [3.05, 3.63) is 68.1 Å². The summed E-state index contributed by atoms with van der Waals surface area (Å²) in [7, 11) is 0. The van der Waals surface area contributed by atoms with Gasteiger partial charge in [0.1, 0.15) is 11.6 Å². The molecule has 0 spiro atoms. The standard InChI is InChI=1S/C15H14Br2F2N2/c16-12-4-2-1-3-9(12)7-10(21-20)8-11-14(18)6-5-13(17)15(11)19/h1-6,10,21H,7-8,20H2. The van der Waals surface area contributed by atoms with Crippen LogP contribution < -0.4 is 11.3 Å². The Labute approximate surface area is 139 Å². The first kappa shape index (κ1) is 16.5. The largest absolute Gasteiger partial charge is 0.271 e. The number of hydrogen-bond donors (Lipinski definition) is 2. The van der Waals surface area contributed by atoms with Crippen LogP contribution in [0.2, 0.25) is 0 Å². The van der Waals surface area contributed by atoms with Crippen molar-refractivity contribution < 1.29 is 8.78 Å². The zero-order valence-electron chi connectivity index (χ0n) is 11.0. The minimum Gasteiger partial charge on any atom is -0.271 e. The number of halogens is 4. The highest BCUT2D eigenvalue weighted by molar-refractivity contribution is 9.10. The molecule has 0 bridgehead atoms. The maximum Gasteiger partial charge on any atom is 0.143 e. The van der Waals surface area contributed by atoms with Crippen LogP contribution >= 0.6 is 31.9 Å². The van der Waals surface area contributed by atoms with E-state index in [4.69, 9.17) is 5.84 Å². The number of hydrazine groups is 1. The molecule has 0 saturated heterocycles. The van der Waals surface area contributed by atoms with E-state index < -0.39 is 11.6 Å². The normalized spacial score (nSPS) is 12.4. The van der Waals surface area contributed by atoms with E-state index in [-0.39, 0.29) is 22.5 Å². The molecular formula is C15H14Br2F2N2. The Kier molecular flexibility index (Phi) is 5.87. The monoisotopic (exact) mass is 418 g/mol. The highest BCUT2D eigenvalue weighted by Gasteiger charge is 2.18. The van der Waals surface area contributed by atoms with Gasteiger partial charge in [-0.2, -0.15) is 0 Å². The van der Waals surface area contributed by atoms with E-state index in [9.17, 15) is 8.78 Å². The van der Waals surface area contributed by atoms with Crippen molar-refractivity contribution in [2.45, 2.75) is 18.9 Å². The van der Waals surface area contributed by atoms with Gasteiger partial charge in [-0.3, -0.25) is 11.3 Å². The molecule has 2 rings (SSSR count). The van der Waals surface area contributed by atoms with Crippen LogP contribution in [0.15, 0.2) is 45.3 Å². The van der Waals surface area contributed by atoms with Gasteiger partial charge in [-0.15, -0.1) is 0 Å². The molecule has 0 aliphatic heterocycles. The fraction of sp³-hybridized carbons (Fsp3) is 0.200. The number of nitrogens with one attached hydrogen (secondary N) is 1. The van der Waals surface area contributed by atoms with Crippen molar-refractivity contribution in [1.82, 2.24) is 5.43 Å². The Hall–Kier alpha value is -0.820. The molecule has 0 aliphatic carbocycles. The van der Waals surface area contributed by atoms with Crippen LogP contribution in [-0.2, 0) is 12.8 Å². The van der Waals surface area contributed by atoms with Crippen molar-refractivity contribution in [2.75, 3.05) is 0 Å². The average Bonchev–Trinajstić information content (AvgIpc) is 2.48. The molecule has 0 saturated carbocycles. The maximum atomic E-state index is 14.0. The molecular weight excluding hydrogens is 406 g/mol. The minimum absolute atomic E-state index is 0.0272. The molecule has 0 amide bonds. The first-order valence-electron chi connectivity index (χ1n) is 6.34. The number of hydrogen-bond acceptors (Lipinski definition) is 2.